The summed E-state index contributed by atoms with van der Waals surface area (Å²) in [6.45, 7) is 7.39. The molecule has 0 aliphatic heterocycles. The molecule has 0 unspecified atom stereocenters. The highest BCUT2D eigenvalue weighted by molar-refractivity contribution is 5.94. The van der Waals surface area contributed by atoms with Crippen molar-refractivity contribution in [3.63, 3.8) is 0 Å². The first-order valence-corrected chi connectivity index (χ1v) is 8.63. The van der Waals surface area contributed by atoms with E-state index in [0.29, 0.717) is 24.5 Å². The van der Waals surface area contributed by atoms with E-state index in [1.807, 2.05) is 45.0 Å². The first kappa shape index (κ1) is 18.7. The van der Waals surface area contributed by atoms with Gasteiger partial charge in [-0.3, -0.25) is 9.59 Å². The Morgan fingerprint density at radius 3 is 2.52 bits per heavy atom. The van der Waals surface area contributed by atoms with E-state index < -0.39 is 0 Å². The molecule has 0 saturated carbocycles. The van der Waals surface area contributed by atoms with Crippen molar-refractivity contribution in [1.29, 1.82) is 0 Å². The number of carbonyl (C=O) groups is 2. The fourth-order valence-corrected chi connectivity index (χ4v) is 2.38. The molecule has 0 saturated heterocycles. The van der Waals surface area contributed by atoms with Crippen LogP contribution in [0.15, 0.2) is 34.9 Å². The molecule has 1 aromatic carbocycles. The molecule has 0 radical (unpaired) electrons. The van der Waals surface area contributed by atoms with Crippen LogP contribution in [-0.2, 0) is 6.54 Å². The Labute approximate surface area is 148 Å². The minimum absolute atomic E-state index is 0.0722. The van der Waals surface area contributed by atoms with Gasteiger partial charge in [0, 0.05) is 18.7 Å². The van der Waals surface area contributed by atoms with E-state index in [1.165, 1.54) is 6.26 Å². The number of oxazole rings is 1. The molecule has 0 bridgehead atoms. The summed E-state index contributed by atoms with van der Waals surface area (Å²) in [5, 5.41) is 2.75. The Bertz CT molecular complexity index is 707. The number of benzene rings is 1. The predicted octanol–water partition coefficient (Wildman–Crippen LogP) is 3.18. The fraction of sp³-hybridized carbons (Fsp3) is 0.421. The van der Waals surface area contributed by atoms with E-state index >= 15 is 0 Å². The summed E-state index contributed by atoms with van der Waals surface area (Å²) in [5.41, 5.74) is 1.98. The molecule has 0 aliphatic carbocycles. The summed E-state index contributed by atoms with van der Waals surface area (Å²) in [4.78, 5) is 30.5. The monoisotopic (exact) mass is 343 g/mol. The van der Waals surface area contributed by atoms with Crippen molar-refractivity contribution >= 4 is 11.8 Å². The molecular weight excluding hydrogens is 318 g/mol. The first-order valence-electron chi connectivity index (χ1n) is 8.63. The zero-order valence-corrected chi connectivity index (χ0v) is 15.0. The van der Waals surface area contributed by atoms with Crippen LogP contribution in [-0.4, -0.2) is 34.8 Å². The Morgan fingerprint density at radius 2 is 1.88 bits per heavy atom. The fourth-order valence-electron chi connectivity index (χ4n) is 2.38. The molecular formula is C19H25N3O3. The smallest absolute Gasteiger partial charge is 0.273 e. The van der Waals surface area contributed by atoms with Crippen LogP contribution in [0.25, 0.3) is 0 Å². The third kappa shape index (κ3) is 5.17. The lowest BCUT2D eigenvalue weighted by atomic mass is 10.1. The molecule has 2 rings (SSSR count). The highest BCUT2D eigenvalue weighted by Gasteiger charge is 2.19. The molecule has 25 heavy (non-hydrogen) atoms. The van der Waals surface area contributed by atoms with Crippen LogP contribution in [0.3, 0.4) is 0 Å². The van der Waals surface area contributed by atoms with Crippen LogP contribution >= 0.6 is 0 Å². The van der Waals surface area contributed by atoms with Crippen LogP contribution in [0.1, 0.15) is 59.0 Å². The molecule has 0 atom stereocenters. The zero-order valence-electron chi connectivity index (χ0n) is 15.0. The SMILES string of the molecule is CCCNC(=O)c1coc(CN(CCC)C(=O)c2ccc(C)cc2)n1. The minimum Gasteiger partial charge on any atom is -0.446 e. The van der Waals surface area contributed by atoms with Crippen molar-refractivity contribution in [2.24, 2.45) is 0 Å². The predicted molar refractivity (Wildman–Crippen MR) is 95.3 cm³/mol. The van der Waals surface area contributed by atoms with E-state index in [-0.39, 0.29) is 24.1 Å². The molecule has 6 heteroatoms. The lowest BCUT2D eigenvalue weighted by Crippen LogP contribution is -2.31. The van der Waals surface area contributed by atoms with Crippen LogP contribution < -0.4 is 5.32 Å². The molecule has 1 aromatic heterocycles. The number of aromatic nitrogens is 1. The second kappa shape index (κ2) is 9.01. The summed E-state index contributed by atoms with van der Waals surface area (Å²) in [7, 11) is 0. The summed E-state index contributed by atoms with van der Waals surface area (Å²) in [6.07, 6.45) is 3.01. The number of hydrogen-bond donors (Lipinski definition) is 1. The molecule has 2 amide bonds. The van der Waals surface area contributed by atoms with E-state index in [1.54, 1.807) is 4.90 Å². The van der Waals surface area contributed by atoms with Gasteiger partial charge in [-0.1, -0.05) is 31.5 Å². The van der Waals surface area contributed by atoms with Gasteiger partial charge in [0.1, 0.15) is 6.26 Å². The van der Waals surface area contributed by atoms with Gasteiger partial charge in [-0.15, -0.1) is 0 Å². The lowest BCUT2D eigenvalue weighted by Gasteiger charge is -2.20. The number of amides is 2. The molecule has 2 aromatic rings. The van der Waals surface area contributed by atoms with Crippen LogP contribution in [0.2, 0.25) is 0 Å². The van der Waals surface area contributed by atoms with Crippen LogP contribution in [0.5, 0.6) is 0 Å². The van der Waals surface area contributed by atoms with Crippen LogP contribution in [0.4, 0.5) is 0 Å². The van der Waals surface area contributed by atoms with Crippen molar-refractivity contribution in [1.82, 2.24) is 15.2 Å². The molecule has 0 aliphatic rings. The summed E-state index contributed by atoms with van der Waals surface area (Å²) < 4.78 is 5.38. The zero-order chi connectivity index (χ0) is 18.2. The Balaban J connectivity index is 2.08. The van der Waals surface area contributed by atoms with Gasteiger partial charge in [-0.2, -0.15) is 0 Å². The van der Waals surface area contributed by atoms with Crippen molar-refractivity contribution in [3.05, 3.63) is 53.2 Å². The Kier molecular flexibility index (Phi) is 6.74. The maximum absolute atomic E-state index is 12.7. The van der Waals surface area contributed by atoms with Crippen molar-refractivity contribution < 1.29 is 14.0 Å². The Morgan fingerprint density at radius 1 is 1.16 bits per heavy atom. The molecule has 134 valence electrons. The minimum atomic E-state index is -0.260. The number of carbonyl (C=O) groups excluding carboxylic acids is 2. The molecule has 0 spiro atoms. The van der Waals surface area contributed by atoms with Crippen molar-refractivity contribution in [2.45, 2.75) is 40.2 Å². The van der Waals surface area contributed by atoms with Gasteiger partial charge in [0.25, 0.3) is 11.8 Å². The van der Waals surface area contributed by atoms with Gasteiger partial charge in [0.2, 0.25) is 5.89 Å². The summed E-state index contributed by atoms with van der Waals surface area (Å²) >= 11 is 0. The number of nitrogens with one attached hydrogen (secondary N) is 1. The number of rotatable bonds is 8. The lowest BCUT2D eigenvalue weighted by molar-refractivity contribution is 0.0728. The summed E-state index contributed by atoms with van der Waals surface area (Å²) in [5.74, 6) is 0.0244. The normalized spacial score (nSPS) is 10.5. The molecule has 0 fully saturated rings. The van der Waals surface area contributed by atoms with E-state index in [9.17, 15) is 9.59 Å². The highest BCUT2D eigenvalue weighted by Crippen LogP contribution is 2.12. The van der Waals surface area contributed by atoms with Crippen molar-refractivity contribution in [3.8, 4) is 0 Å². The van der Waals surface area contributed by atoms with E-state index in [2.05, 4.69) is 10.3 Å². The number of hydrogen-bond acceptors (Lipinski definition) is 4. The standard InChI is InChI=1S/C19H25N3O3/c1-4-10-20-18(23)16-13-25-17(21-16)12-22(11-5-2)19(24)15-8-6-14(3)7-9-15/h6-9,13H,4-5,10-12H2,1-3H3,(H,20,23). The molecule has 6 nitrogen and oxygen atoms in total. The highest BCUT2D eigenvalue weighted by atomic mass is 16.3. The van der Waals surface area contributed by atoms with E-state index in [0.717, 1.165) is 18.4 Å². The number of aryl methyl sites for hydroxylation is 1. The second-order valence-corrected chi connectivity index (χ2v) is 5.98. The van der Waals surface area contributed by atoms with Gasteiger partial charge in [0.15, 0.2) is 5.69 Å². The average Bonchev–Trinajstić information content (AvgIpc) is 3.08. The van der Waals surface area contributed by atoms with Gasteiger partial charge in [-0.25, -0.2) is 4.98 Å². The second-order valence-electron chi connectivity index (χ2n) is 5.98. The maximum Gasteiger partial charge on any atom is 0.273 e. The third-order valence-electron chi connectivity index (χ3n) is 3.73. The van der Waals surface area contributed by atoms with Gasteiger partial charge < -0.3 is 14.6 Å². The maximum atomic E-state index is 12.7. The Hall–Kier alpha value is -2.63. The third-order valence-corrected chi connectivity index (χ3v) is 3.73. The average molecular weight is 343 g/mol. The topological polar surface area (TPSA) is 75.4 Å². The largest absolute Gasteiger partial charge is 0.446 e. The van der Waals surface area contributed by atoms with Crippen molar-refractivity contribution in [2.75, 3.05) is 13.1 Å². The molecule has 1 heterocycles. The molecule has 1 N–H and O–H groups in total. The first-order chi connectivity index (χ1) is 12.0. The quantitative estimate of drug-likeness (QED) is 0.799. The van der Waals surface area contributed by atoms with Gasteiger partial charge >= 0.3 is 0 Å². The van der Waals surface area contributed by atoms with Crippen LogP contribution in [0, 0.1) is 6.92 Å². The number of nitrogens with zero attached hydrogens (tertiary/aromatic N) is 2. The van der Waals surface area contributed by atoms with E-state index in [4.69, 9.17) is 4.42 Å². The van der Waals surface area contributed by atoms with Gasteiger partial charge in [0.05, 0.1) is 6.54 Å². The van der Waals surface area contributed by atoms with Gasteiger partial charge in [-0.05, 0) is 31.9 Å². The summed E-state index contributed by atoms with van der Waals surface area (Å²) in [6, 6.07) is 7.47.